The van der Waals surface area contributed by atoms with Crippen LogP contribution in [0, 0.1) is 6.57 Å². The summed E-state index contributed by atoms with van der Waals surface area (Å²) in [7, 11) is 0. The van der Waals surface area contributed by atoms with Crippen LogP contribution in [0.3, 0.4) is 0 Å². The Morgan fingerprint density at radius 2 is 2.17 bits per heavy atom. The molecule has 0 aromatic heterocycles. The van der Waals surface area contributed by atoms with Crippen molar-refractivity contribution >= 4 is 0 Å². The van der Waals surface area contributed by atoms with Crippen LogP contribution in [-0.2, 0) is 0 Å². The topological polar surface area (TPSA) is 4.36 Å². The molecule has 1 heteroatoms. The van der Waals surface area contributed by atoms with E-state index in [4.69, 9.17) is 6.57 Å². The Morgan fingerprint density at radius 3 is 2.17 bits per heavy atom. The zero-order valence-electron chi connectivity index (χ0n) is 4.02. The average molecular weight is 81.1 g/mol. The van der Waals surface area contributed by atoms with Crippen LogP contribution < -0.4 is 0 Å². The first-order valence-corrected chi connectivity index (χ1v) is 1.77. The van der Waals surface area contributed by atoms with E-state index in [9.17, 15) is 0 Å². The maximum absolute atomic E-state index is 6.28. The summed E-state index contributed by atoms with van der Waals surface area (Å²) < 4.78 is 0. The largest absolute Gasteiger partial charge is 0.246 e. The summed E-state index contributed by atoms with van der Waals surface area (Å²) in [5.74, 6) is 0. The normalized spacial score (nSPS) is 6.17. The standard InChI is InChI=1S/C5H7N/c1-5(2)4-6-3/h4H,1-2H3. The van der Waals surface area contributed by atoms with E-state index in [0.717, 1.165) is 5.57 Å². The number of allylic oxidation sites excluding steroid dienone is 1. The molecular formula is C5H7N. The molecule has 0 aliphatic carbocycles. The fourth-order valence-electron chi connectivity index (χ4n) is 0.129. The number of rotatable bonds is 0. The SMILES string of the molecule is [C-]#[N+]C=C(C)C. The lowest BCUT2D eigenvalue weighted by Crippen LogP contribution is -1.52. The predicted molar refractivity (Wildman–Crippen MR) is 26.0 cm³/mol. The first kappa shape index (κ1) is 5.23. The van der Waals surface area contributed by atoms with E-state index in [-0.39, 0.29) is 0 Å². The van der Waals surface area contributed by atoms with Crippen molar-refractivity contribution in [3.8, 4) is 0 Å². The second-order valence-corrected chi connectivity index (χ2v) is 1.34. The fourth-order valence-corrected chi connectivity index (χ4v) is 0.129. The molecule has 0 saturated heterocycles. The minimum absolute atomic E-state index is 1.06. The van der Waals surface area contributed by atoms with Gasteiger partial charge in [0.05, 0.1) is 6.57 Å². The second-order valence-electron chi connectivity index (χ2n) is 1.34. The Bertz CT molecular complexity index is 91.0. The minimum Gasteiger partial charge on any atom is -0.246 e. The summed E-state index contributed by atoms with van der Waals surface area (Å²) >= 11 is 0. The molecule has 0 amide bonds. The predicted octanol–water partition coefficient (Wildman–Crippen LogP) is 1.83. The van der Waals surface area contributed by atoms with E-state index in [0.29, 0.717) is 0 Å². The summed E-state index contributed by atoms with van der Waals surface area (Å²) in [4.78, 5) is 3.02. The van der Waals surface area contributed by atoms with Crippen molar-refractivity contribution in [2.75, 3.05) is 0 Å². The van der Waals surface area contributed by atoms with Crippen molar-refractivity contribution in [1.29, 1.82) is 0 Å². The average Bonchev–Trinajstić information content (AvgIpc) is 1.35. The van der Waals surface area contributed by atoms with Crippen molar-refractivity contribution in [3.63, 3.8) is 0 Å². The Kier molecular flexibility index (Phi) is 2.15. The van der Waals surface area contributed by atoms with Gasteiger partial charge in [-0.1, -0.05) is 19.4 Å². The highest BCUT2D eigenvalue weighted by Crippen LogP contribution is 1.85. The van der Waals surface area contributed by atoms with Gasteiger partial charge in [0.2, 0.25) is 0 Å². The maximum atomic E-state index is 6.28. The lowest BCUT2D eigenvalue weighted by molar-refractivity contribution is 1.39. The van der Waals surface area contributed by atoms with Gasteiger partial charge in [0.25, 0.3) is 0 Å². The van der Waals surface area contributed by atoms with Gasteiger partial charge in [-0.2, -0.15) is 0 Å². The molecule has 0 aromatic carbocycles. The minimum atomic E-state index is 1.06. The van der Waals surface area contributed by atoms with Gasteiger partial charge in [-0.25, -0.2) is 4.85 Å². The van der Waals surface area contributed by atoms with Crippen molar-refractivity contribution in [1.82, 2.24) is 0 Å². The fraction of sp³-hybridized carbons (Fsp3) is 0.400. The summed E-state index contributed by atoms with van der Waals surface area (Å²) in [5, 5.41) is 0. The van der Waals surface area contributed by atoms with Crippen LogP contribution in [0.15, 0.2) is 11.8 Å². The molecule has 0 atom stereocenters. The number of nitrogens with zero attached hydrogens (tertiary/aromatic N) is 1. The van der Waals surface area contributed by atoms with Crippen molar-refractivity contribution in [2.45, 2.75) is 13.8 Å². The van der Waals surface area contributed by atoms with Crippen molar-refractivity contribution in [3.05, 3.63) is 23.2 Å². The third kappa shape index (κ3) is 3.23. The Morgan fingerprint density at radius 1 is 1.67 bits per heavy atom. The summed E-state index contributed by atoms with van der Waals surface area (Å²) in [5.41, 5.74) is 1.06. The van der Waals surface area contributed by atoms with E-state index in [1.54, 1.807) is 0 Å². The van der Waals surface area contributed by atoms with Crippen LogP contribution in [-0.4, -0.2) is 0 Å². The summed E-state index contributed by atoms with van der Waals surface area (Å²) in [6, 6.07) is 0. The van der Waals surface area contributed by atoms with Gasteiger partial charge >= 0.3 is 0 Å². The van der Waals surface area contributed by atoms with E-state index in [1.807, 2.05) is 13.8 Å². The van der Waals surface area contributed by atoms with Gasteiger partial charge in [0, 0.05) is 0 Å². The molecule has 0 rings (SSSR count). The lowest BCUT2D eigenvalue weighted by Gasteiger charge is -1.72. The molecule has 0 fully saturated rings. The van der Waals surface area contributed by atoms with E-state index in [2.05, 4.69) is 4.85 Å². The molecule has 0 spiro atoms. The van der Waals surface area contributed by atoms with Gasteiger partial charge in [-0.3, -0.25) is 0 Å². The van der Waals surface area contributed by atoms with Crippen LogP contribution in [0.1, 0.15) is 13.8 Å². The molecule has 0 heterocycles. The number of hydrogen-bond acceptors (Lipinski definition) is 0. The Hall–Kier alpha value is -0.770. The van der Waals surface area contributed by atoms with Crippen LogP contribution in [0.25, 0.3) is 4.85 Å². The molecule has 1 nitrogen and oxygen atoms in total. The molecular weight excluding hydrogens is 74.1 g/mol. The van der Waals surface area contributed by atoms with Crippen molar-refractivity contribution < 1.29 is 0 Å². The molecule has 0 N–H and O–H groups in total. The Balaban J connectivity index is 3.51. The lowest BCUT2D eigenvalue weighted by atomic mass is 10.4. The van der Waals surface area contributed by atoms with Gasteiger partial charge in [-0.15, -0.1) is 0 Å². The summed E-state index contributed by atoms with van der Waals surface area (Å²) in [6.07, 6.45) is 1.50. The first-order valence-electron chi connectivity index (χ1n) is 1.77. The molecule has 0 aliphatic heterocycles. The summed E-state index contributed by atoms with van der Waals surface area (Å²) in [6.45, 7) is 10.1. The molecule has 6 heavy (non-hydrogen) atoms. The zero-order valence-corrected chi connectivity index (χ0v) is 4.02. The van der Waals surface area contributed by atoms with E-state index in [1.165, 1.54) is 6.20 Å². The van der Waals surface area contributed by atoms with Gasteiger partial charge < -0.3 is 0 Å². The van der Waals surface area contributed by atoms with Crippen LogP contribution in [0.4, 0.5) is 0 Å². The van der Waals surface area contributed by atoms with Crippen molar-refractivity contribution in [2.24, 2.45) is 0 Å². The number of hydrogen-bond donors (Lipinski definition) is 0. The second kappa shape index (κ2) is 2.47. The molecule has 32 valence electrons. The molecule has 0 bridgehead atoms. The third-order valence-corrected chi connectivity index (χ3v) is 0.323. The van der Waals surface area contributed by atoms with Gasteiger partial charge in [0.15, 0.2) is 6.20 Å². The molecule has 0 saturated carbocycles. The van der Waals surface area contributed by atoms with Gasteiger partial charge in [0.1, 0.15) is 0 Å². The van der Waals surface area contributed by atoms with E-state index < -0.39 is 0 Å². The molecule has 0 aromatic rings. The van der Waals surface area contributed by atoms with E-state index >= 15 is 0 Å². The smallest absolute Gasteiger partial charge is 0.152 e. The van der Waals surface area contributed by atoms with Crippen LogP contribution in [0.2, 0.25) is 0 Å². The highest BCUT2D eigenvalue weighted by Gasteiger charge is 1.65. The Labute approximate surface area is 38.1 Å². The molecule has 0 unspecified atom stereocenters. The monoisotopic (exact) mass is 81.1 g/mol. The highest BCUT2D eigenvalue weighted by molar-refractivity contribution is 4.98. The van der Waals surface area contributed by atoms with Gasteiger partial charge in [-0.05, 0) is 0 Å². The maximum Gasteiger partial charge on any atom is 0.152 e. The zero-order chi connectivity index (χ0) is 4.99. The highest BCUT2D eigenvalue weighted by atomic mass is 14.6. The molecule has 0 radical (unpaired) electrons. The molecule has 0 aliphatic rings. The van der Waals surface area contributed by atoms with Crippen LogP contribution in [0.5, 0.6) is 0 Å². The van der Waals surface area contributed by atoms with Crippen LogP contribution >= 0.6 is 0 Å². The quantitative estimate of drug-likeness (QED) is 0.392. The first-order chi connectivity index (χ1) is 2.77. The third-order valence-electron chi connectivity index (χ3n) is 0.323.